The molecule has 9 heteroatoms. The van der Waals surface area contributed by atoms with Crippen LogP contribution < -0.4 is 11.1 Å². The minimum atomic E-state index is -1.06. The van der Waals surface area contributed by atoms with Crippen LogP contribution >= 0.6 is 0 Å². The second-order valence-corrected chi connectivity index (χ2v) is 6.76. The molecular weight excluding hydrogens is 330 g/mol. The van der Waals surface area contributed by atoms with Crippen molar-refractivity contribution in [3.8, 4) is 0 Å². The van der Waals surface area contributed by atoms with E-state index in [0.717, 1.165) is 0 Å². The van der Waals surface area contributed by atoms with Gasteiger partial charge in [-0.2, -0.15) is 0 Å². The summed E-state index contributed by atoms with van der Waals surface area (Å²) >= 11 is 0. The number of likely N-dealkylation sites (tertiary alicyclic amines) is 1. The lowest BCUT2D eigenvalue weighted by Crippen LogP contribution is -2.54. The highest BCUT2D eigenvalue weighted by atomic mass is 16.4. The zero-order valence-corrected chi connectivity index (χ0v) is 14.6. The molecule has 0 aromatic rings. The molecule has 3 atom stereocenters. The fourth-order valence-corrected chi connectivity index (χ4v) is 2.87. The molecule has 0 bridgehead atoms. The first-order valence-electron chi connectivity index (χ1n) is 8.44. The maximum Gasteiger partial charge on any atom is 0.326 e. The third-order valence-electron chi connectivity index (χ3n) is 4.15. The fourth-order valence-electron chi connectivity index (χ4n) is 2.87. The molecule has 142 valence electrons. The first kappa shape index (κ1) is 20.9. The van der Waals surface area contributed by atoms with Gasteiger partial charge in [0.25, 0.3) is 0 Å². The molecule has 1 aliphatic heterocycles. The number of carbonyl (C=O) groups excluding carboxylic acids is 2. The van der Waals surface area contributed by atoms with E-state index in [1.807, 2.05) is 13.8 Å². The van der Waals surface area contributed by atoms with Gasteiger partial charge in [-0.05, 0) is 31.6 Å². The maximum absolute atomic E-state index is 12.7. The number of hydrogen-bond donors (Lipinski definition) is 4. The Morgan fingerprint density at radius 1 is 1.24 bits per heavy atom. The topological polar surface area (TPSA) is 150 Å². The summed E-state index contributed by atoms with van der Waals surface area (Å²) in [5.74, 6) is -3.06. The molecule has 0 aromatic carbocycles. The van der Waals surface area contributed by atoms with Gasteiger partial charge >= 0.3 is 11.9 Å². The van der Waals surface area contributed by atoms with Gasteiger partial charge in [-0.1, -0.05) is 13.8 Å². The molecule has 5 N–H and O–H groups in total. The SMILES string of the molecule is CC(C)CC(NC(=O)C(N)CCC(=O)O)C(=O)N1CCCC1C(=O)O. The van der Waals surface area contributed by atoms with Gasteiger partial charge in [0.1, 0.15) is 12.1 Å². The summed E-state index contributed by atoms with van der Waals surface area (Å²) in [5, 5.41) is 20.5. The molecule has 0 aromatic heterocycles. The van der Waals surface area contributed by atoms with E-state index in [1.165, 1.54) is 4.90 Å². The van der Waals surface area contributed by atoms with Crippen LogP contribution in [0.2, 0.25) is 0 Å². The van der Waals surface area contributed by atoms with Crippen LogP contribution in [0, 0.1) is 5.92 Å². The van der Waals surface area contributed by atoms with Crippen molar-refractivity contribution in [1.29, 1.82) is 0 Å². The fraction of sp³-hybridized carbons (Fsp3) is 0.750. The number of nitrogens with zero attached hydrogens (tertiary/aromatic N) is 1. The van der Waals surface area contributed by atoms with E-state index in [-0.39, 0.29) is 18.8 Å². The highest BCUT2D eigenvalue weighted by Gasteiger charge is 2.38. The monoisotopic (exact) mass is 357 g/mol. The minimum absolute atomic E-state index is 0.0365. The normalized spacial score (nSPS) is 19.5. The Morgan fingerprint density at radius 2 is 1.88 bits per heavy atom. The maximum atomic E-state index is 12.7. The molecule has 0 saturated carbocycles. The van der Waals surface area contributed by atoms with Gasteiger partial charge in [-0.3, -0.25) is 14.4 Å². The summed E-state index contributed by atoms with van der Waals surface area (Å²) < 4.78 is 0. The van der Waals surface area contributed by atoms with Crippen molar-refractivity contribution in [2.24, 2.45) is 11.7 Å². The summed E-state index contributed by atoms with van der Waals surface area (Å²) in [7, 11) is 0. The zero-order valence-electron chi connectivity index (χ0n) is 14.6. The van der Waals surface area contributed by atoms with Crippen LogP contribution in [0.15, 0.2) is 0 Å². The Balaban J connectivity index is 2.79. The van der Waals surface area contributed by atoms with E-state index in [2.05, 4.69) is 5.32 Å². The van der Waals surface area contributed by atoms with E-state index < -0.39 is 41.9 Å². The number of carbonyl (C=O) groups is 4. The quantitative estimate of drug-likeness (QED) is 0.445. The van der Waals surface area contributed by atoms with E-state index in [4.69, 9.17) is 10.8 Å². The lowest BCUT2D eigenvalue weighted by Gasteiger charge is -2.29. The number of aliphatic carboxylic acids is 2. The predicted octanol–water partition coefficient (Wildman–Crippen LogP) is -0.215. The number of hydrogen-bond acceptors (Lipinski definition) is 5. The minimum Gasteiger partial charge on any atom is -0.481 e. The predicted molar refractivity (Wildman–Crippen MR) is 88.6 cm³/mol. The van der Waals surface area contributed by atoms with Gasteiger partial charge in [0.05, 0.1) is 6.04 Å². The Bertz CT molecular complexity index is 522. The van der Waals surface area contributed by atoms with Crippen LogP contribution in [0.25, 0.3) is 0 Å². The molecule has 1 saturated heterocycles. The first-order chi connectivity index (χ1) is 11.6. The molecule has 1 fully saturated rings. The molecule has 1 heterocycles. The van der Waals surface area contributed by atoms with Crippen molar-refractivity contribution in [2.45, 2.75) is 64.1 Å². The Hall–Kier alpha value is -2.16. The second kappa shape index (κ2) is 9.36. The molecular formula is C16H27N3O6. The second-order valence-electron chi connectivity index (χ2n) is 6.76. The summed E-state index contributed by atoms with van der Waals surface area (Å²) in [6, 6.07) is -2.78. The number of nitrogens with one attached hydrogen (secondary N) is 1. The van der Waals surface area contributed by atoms with Gasteiger partial charge < -0.3 is 26.2 Å². The number of rotatable bonds is 9. The van der Waals surface area contributed by atoms with Crippen molar-refractivity contribution in [1.82, 2.24) is 10.2 Å². The van der Waals surface area contributed by atoms with Crippen LogP contribution in [0.1, 0.15) is 46.0 Å². The van der Waals surface area contributed by atoms with Gasteiger partial charge in [0.2, 0.25) is 11.8 Å². The summed E-state index contributed by atoms with van der Waals surface area (Å²) in [4.78, 5) is 48.0. The number of carboxylic acid groups (broad SMARTS) is 2. The summed E-state index contributed by atoms with van der Waals surface area (Å²) in [6.45, 7) is 4.11. The zero-order chi connectivity index (χ0) is 19.1. The van der Waals surface area contributed by atoms with Crippen LogP contribution in [0.4, 0.5) is 0 Å². The Morgan fingerprint density at radius 3 is 2.40 bits per heavy atom. The van der Waals surface area contributed by atoms with Crippen molar-refractivity contribution < 1.29 is 29.4 Å². The highest BCUT2D eigenvalue weighted by molar-refractivity contribution is 5.92. The lowest BCUT2D eigenvalue weighted by molar-refractivity contribution is -0.149. The summed E-state index contributed by atoms with van der Waals surface area (Å²) in [6.07, 6.45) is 1.06. The van der Waals surface area contributed by atoms with Crippen LogP contribution in [0.3, 0.4) is 0 Å². The molecule has 0 radical (unpaired) electrons. The molecule has 0 aliphatic carbocycles. The third kappa shape index (κ3) is 6.33. The van der Waals surface area contributed by atoms with Gasteiger partial charge in [-0.25, -0.2) is 4.79 Å². The van der Waals surface area contributed by atoms with Crippen LogP contribution in [0.5, 0.6) is 0 Å². The average molecular weight is 357 g/mol. The van der Waals surface area contributed by atoms with Crippen molar-refractivity contribution in [3.63, 3.8) is 0 Å². The average Bonchev–Trinajstić information content (AvgIpc) is 3.00. The highest BCUT2D eigenvalue weighted by Crippen LogP contribution is 2.20. The number of nitrogens with two attached hydrogens (primary N) is 1. The molecule has 2 amide bonds. The number of carboxylic acids is 2. The standard InChI is InChI=1S/C16H27N3O6/c1-9(2)8-11(18-14(22)10(17)5-6-13(20)21)15(23)19-7-3-4-12(19)16(24)25/h9-12H,3-8,17H2,1-2H3,(H,18,22)(H,20,21)(H,24,25). The molecule has 1 aliphatic rings. The smallest absolute Gasteiger partial charge is 0.326 e. The molecule has 9 nitrogen and oxygen atoms in total. The Kier molecular flexibility index (Phi) is 7.82. The van der Waals surface area contributed by atoms with Crippen molar-refractivity contribution >= 4 is 23.8 Å². The van der Waals surface area contributed by atoms with E-state index in [0.29, 0.717) is 25.8 Å². The van der Waals surface area contributed by atoms with Gasteiger partial charge in [0.15, 0.2) is 0 Å². The van der Waals surface area contributed by atoms with Crippen molar-refractivity contribution in [2.75, 3.05) is 6.54 Å². The largest absolute Gasteiger partial charge is 0.481 e. The summed E-state index contributed by atoms with van der Waals surface area (Å²) in [5.41, 5.74) is 5.68. The molecule has 25 heavy (non-hydrogen) atoms. The molecule has 3 unspecified atom stereocenters. The van der Waals surface area contributed by atoms with Crippen molar-refractivity contribution in [3.05, 3.63) is 0 Å². The Labute approximate surface area is 146 Å². The number of amides is 2. The molecule has 0 spiro atoms. The van der Waals surface area contributed by atoms with E-state index >= 15 is 0 Å². The van der Waals surface area contributed by atoms with E-state index in [1.54, 1.807) is 0 Å². The van der Waals surface area contributed by atoms with E-state index in [9.17, 15) is 24.3 Å². The molecule has 1 rings (SSSR count). The lowest BCUT2D eigenvalue weighted by atomic mass is 10.0. The first-order valence-corrected chi connectivity index (χ1v) is 8.44. The van der Waals surface area contributed by atoms with Crippen LogP contribution in [-0.2, 0) is 19.2 Å². The third-order valence-corrected chi connectivity index (χ3v) is 4.15. The van der Waals surface area contributed by atoms with Gasteiger partial charge in [-0.15, -0.1) is 0 Å². The van der Waals surface area contributed by atoms with Crippen LogP contribution in [-0.4, -0.2) is 63.5 Å². The van der Waals surface area contributed by atoms with Gasteiger partial charge in [0, 0.05) is 13.0 Å².